The Bertz CT molecular complexity index is 705. The Morgan fingerprint density at radius 2 is 1.71 bits per heavy atom. The predicted molar refractivity (Wildman–Crippen MR) is 82.5 cm³/mol. The molecule has 0 atom stereocenters. The molecule has 0 radical (unpaired) electrons. The van der Waals surface area contributed by atoms with Crippen LogP contribution in [0.25, 0.3) is 0 Å². The van der Waals surface area contributed by atoms with E-state index >= 15 is 0 Å². The van der Waals surface area contributed by atoms with Gasteiger partial charge in [0, 0.05) is 6.20 Å². The van der Waals surface area contributed by atoms with Gasteiger partial charge in [0.1, 0.15) is 4.64 Å². The van der Waals surface area contributed by atoms with E-state index in [9.17, 15) is 18.0 Å². The van der Waals surface area contributed by atoms with Gasteiger partial charge in [0.15, 0.2) is 0 Å². The van der Waals surface area contributed by atoms with Gasteiger partial charge in [-0.1, -0.05) is 12.2 Å². The molecule has 4 bridgehead atoms. The monoisotopic (exact) mass is 357 g/mol. The van der Waals surface area contributed by atoms with Crippen molar-refractivity contribution in [3.8, 4) is 0 Å². The molecular formula is C17H18F3NO2S. The molecule has 4 saturated carbocycles. The topological polar surface area (TPSA) is 31.2 Å². The maximum absolute atomic E-state index is 12.8. The highest BCUT2D eigenvalue weighted by atomic mass is 32.1. The number of carbonyl (C=O) groups is 1. The Kier molecular flexibility index (Phi) is 3.57. The highest BCUT2D eigenvalue weighted by Crippen LogP contribution is 2.60. The molecule has 4 aliphatic rings. The quantitative estimate of drug-likeness (QED) is 0.735. The minimum Gasteiger partial charge on any atom is -0.335 e. The van der Waals surface area contributed by atoms with Gasteiger partial charge in [-0.05, 0) is 68.4 Å². The summed E-state index contributed by atoms with van der Waals surface area (Å²) in [6.45, 7) is 0. The van der Waals surface area contributed by atoms with Crippen molar-refractivity contribution in [2.24, 2.45) is 23.2 Å². The van der Waals surface area contributed by atoms with Crippen LogP contribution in [0.1, 0.15) is 44.1 Å². The third-order valence-corrected chi connectivity index (χ3v) is 6.16. The van der Waals surface area contributed by atoms with Gasteiger partial charge in [0.2, 0.25) is 0 Å². The van der Waals surface area contributed by atoms with Gasteiger partial charge in [-0.15, -0.1) is 0 Å². The molecule has 0 N–H and O–H groups in total. The van der Waals surface area contributed by atoms with Crippen molar-refractivity contribution in [1.29, 1.82) is 0 Å². The first-order valence-electron chi connectivity index (χ1n) is 8.28. The standard InChI is InChI=1S/C17H18F3NO2S/c18-17(19,20)13-1-2-21(14(24)6-13)23-15(22)16-7-10-3-11(8-16)5-12(4-10)9-16/h1-2,6,10-12H,3-5,7-9H2. The smallest absolute Gasteiger partial charge is 0.335 e. The Labute approximate surface area is 142 Å². The molecule has 1 aromatic rings. The van der Waals surface area contributed by atoms with Crippen LogP contribution in [0.15, 0.2) is 18.3 Å². The van der Waals surface area contributed by atoms with E-state index < -0.39 is 17.2 Å². The zero-order chi connectivity index (χ0) is 17.1. The summed E-state index contributed by atoms with van der Waals surface area (Å²) in [5, 5.41) is 0. The molecule has 3 nitrogen and oxygen atoms in total. The van der Waals surface area contributed by atoms with Crippen LogP contribution in [0.3, 0.4) is 0 Å². The molecule has 0 saturated heterocycles. The van der Waals surface area contributed by atoms with E-state index in [1.54, 1.807) is 0 Å². The van der Waals surface area contributed by atoms with Gasteiger partial charge >= 0.3 is 12.1 Å². The van der Waals surface area contributed by atoms with Crippen molar-refractivity contribution in [1.82, 2.24) is 4.73 Å². The number of aromatic nitrogens is 1. The summed E-state index contributed by atoms with van der Waals surface area (Å²) in [6, 6.07) is 1.70. The van der Waals surface area contributed by atoms with E-state index in [1.165, 1.54) is 19.3 Å². The molecule has 24 heavy (non-hydrogen) atoms. The number of carbonyl (C=O) groups excluding carboxylic acids is 1. The van der Waals surface area contributed by atoms with Crippen molar-refractivity contribution >= 4 is 18.2 Å². The van der Waals surface area contributed by atoms with Crippen molar-refractivity contribution in [2.45, 2.75) is 44.7 Å². The lowest BCUT2D eigenvalue weighted by Crippen LogP contribution is -2.52. The summed E-state index contributed by atoms with van der Waals surface area (Å²) in [5.74, 6) is 1.43. The van der Waals surface area contributed by atoms with Gasteiger partial charge in [-0.3, -0.25) is 0 Å². The van der Waals surface area contributed by atoms with Crippen molar-refractivity contribution in [3.63, 3.8) is 0 Å². The van der Waals surface area contributed by atoms with Gasteiger partial charge in [0.25, 0.3) is 0 Å². The summed E-state index contributed by atoms with van der Waals surface area (Å²) in [4.78, 5) is 18.2. The molecular weight excluding hydrogens is 339 g/mol. The first kappa shape index (κ1) is 16.1. The zero-order valence-corrected chi connectivity index (χ0v) is 13.8. The lowest BCUT2D eigenvalue weighted by atomic mass is 9.49. The van der Waals surface area contributed by atoms with Crippen LogP contribution in [-0.4, -0.2) is 10.7 Å². The second-order valence-corrected chi connectivity index (χ2v) is 8.07. The van der Waals surface area contributed by atoms with E-state index in [0.29, 0.717) is 17.8 Å². The molecule has 5 rings (SSSR count). The SMILES string of the molecule is O=C(On1ccc(C(F)(F)F)cc1=S)C12CC3CC(CC(C3)C1)C2. The summed E-state index contributed by atoms with van der Waals surface area (Å²) in [7, 11) is 0. The molecule has 0 aromatic carbocycles. The minimum absolute atomic E-state index is 0.150. The molecule has 0 aliphatic heterocycles. The largest absolute Gasteiger partial charge is 0.416 e. The fourth-order valence-electron chi connectivity index (χ4n) is 5.26. The van der Waals surface area contributed by atoms with E-state index in [2.05, 4.69) is 0 Å². The van der Waals surface area contributed by atoms with Crippen molar-refractivity contribution in [3.05, 3.63) is 28.5 Å². The molecule has 4 fully saturated rings. The summed E-state index contributed by atoms with van der Waals surface area (Å²) >= 11 is 4.96. The van der Waals surface area contributed by atoms with Gasteiger partial charge in [-0.2, -0.15) is 17.9 Å². The molecule has 1 aromatic heterocycles. The highest BCUT2D eigenvalue weighted by molar-refractivity contribution is 7.71. The average Bonchev–Trinajstić information content (AvgIpc) is 2.46. The molecule has 130 valence electrons. The zero-order valence-electron chi connectivity index (χ0n) is 13.0. The number of alkyl halides is 3. The lowest BCUT2D eigenvalue weighted by molar-refractivity contribution is -0.172. The van der Waals surface area contributed by atoms with Crippen molar-refractivity contribution in [2.75, 3.05) is 0 Å². The van der Waals surface area contributed by atoms with Crippen LogP contribution >= 0.6 is 12.2 Å². The maximum atomic E-state index is 12.8. The Balaban J connectivity index is 1.56. The lowest BCUT2D eigenvalue weighted by Gasteiger charge is -2.54. The molecule has 1 heterocycles. The van der Waals surface area contributed by atoms with Crippen LogP contribution in [-0.2, 0) is 11.0 Å². The number of hydrogen-bond acceptors (Lipinski definition) is 3. The third kappa shape index (κ3) is 2.66. The van der Waals surface area contributed by atoms with Gasteiger partial charge in [-0.25, -0.2) is 4.79 Å². The second-order valence-electron chi connectivity index (χ2n) is 7.65. The first-order valence-corrected chi connectivity index (χ1v) is 8.69. The van der Waals surface area contributed by atoms with Crippen LogP contribution in [0.5, 0.6) is 0 Å². The Morgan fingerprint density at radius 1 is 1.17 bits per heavy atom. The number of hydrogen-bond donors (Lipinski definition) is 0. The molecule has 4 aliphatic carbocycles. The van der Waals surface area contributed by atoms with Crippen LogP contribution in [0.2, 0.25) is 0 Å². The van der Waals surface area contributed by atoms with Gasteiger partial charge in [0.05, 0.1) is 11.0 Å². The summed E-state index contributed by atoms with van der Waals surface area (Å²) in [6.07, 6.45) is 2.74. The summed E-state index contributed by atoms with van der Waals surface area (Å²) in [5.41, 5.74) is -1.30. The number of nitrogens with zero attached hydrogens (tertiary/aromatic N) is 1. The molecule has 0 amide bonds. The van der Waals surface area contributed by atoms with E-state index in [4.69, 9.17) is 17.1 Å². The highest BCUT2D eigenvalue weighted by Gasteiger charge is 2.55. The average molecular weight is 357 g/mol. The number of pyridine rings is 1. The Morgan fingerprint density at radius 3 is 2.17 bits per heavy atom. The van der Waals surface area contributed by atoms with Gasteiger partial charge < -0.3 is 4.84 Å². The van der Waals surface area contributed by atoms with E-state index in [1.807, 2.05) is 0 Å². The Hall–Kier alpha value is -1.37. The fourth-order valence-corrected chi connectivity index (χ4v) is 5.49. The summed E-state index contributed by atoms with van der Waals surface area (Å²) < 4.78 is 39.0. The van der Waals surface area contributed by atoms with E-state index in [-0.39, 0.29) is 10.6 Å². The third-order valence-electron chi connectivity index (χ3n) is 5.87. The molecule has 7 heteroatoms. The molecule has 0 unspecified atom stereocenters. The van der Waals surface area contributed by atoms with Crippen LogP contribution in [0.4, 0.5) is 13.2 Å². The number of halogens is 3. The maximum Gasteiger partial charge on any atom is 0.416 e. The van der Waals surface area contributed by atoms with Crippen molar-refractivity contribution < 1.29 is 22.8 Å². The predicted octanol–water partition coefficient (Wildman–Crippen LogP) is 4.41. The molecule has 0 spiro atoms. The van der Waals surface area contributed by atoms with Crippen LogP contribution in [0, 0.1) is 27.8 Å². The minimum atomic E-state index is -4.46. The van der Waals surface area contributed by atoms with E-state index in [0.717, 1.165) is 42.3 Å². The normalized spacial score (nSPS) is 34.4. The first-order chi connectivity index (χ1) is 11.2. The fraction of sp³-hybridized carbons (Fsp3) is 0.647. The number of rotatable bonds is 2. The van der Waals surface area contributed by atoms with Crippen LogP contribution < -0.4 is 4.84 Å². The second kappa shape index (κ2) is 5.31.